The molecule has 224 valence electrons. The van der Waals surface area contributed by atoms with Crippen LogP contribution in [0.5, 0.6) is 5.88 Å². The number of nitrogens with two attached hydrogens (primary N) is 1. The number of fused-ring (bicyclic) bond motifs is 2. The van der Waals surface area contributed by atoms with Crippen LogP contribution < -0.4 is 15.8 Å². The van der Waals surface area contributed by atoms with E-state index in [0.717, 1.165) is 23.8 Å². The van der Waals surface area contributed by atoms with Gasteiger partial charge in [-0.25, -0.2) is 28.2 Å². The van der Waals surface area contributed by atoms with E-state index in [1.807, 2.05) is 33.8 Å². The molecule has 2 saturated carbocycles. The number of cyclic esters (lactones) is 1. The largest absolute Gasteiger partial charge is 0.474 e. The van der Waals surface area contributed by atoms with Gasteiger partial charge in [0.25, 0.3) is 0 Å². The molecule has 3 N–H and O–H groups in total. The maximum Gasteiger partial charge on any atom is 0.340 e. The SMILES string of the molecule is COC[C@@](C)(N)c1cnc(OC2CC(S(=O)(=O)C3CC3)C2)c2cnc(Nc3ccc4c(n3)[C@@H](C)C(C)(C)OC4=O)cc12. The van der Waals surface area contributed by atoms with Gasteiger partial charge in [-0.05, 0) is 57.2 Å². The van der Waals surface area contributed by atoms with E-state index >= 15 is 0 Å². The van der Waals surface area contributed by atoms with Crippen molar-refractivity contribution in [3.63, 3.8) is 0 Å². The molecular weight excluding hydrogens is 558 g/mol. The zero-order valence-electron chi connectivity index (χ0n) is 24.5. The highest BCUT2D eigenvalue weighted by Gasteiger charge is 2.48. The van der Waals surface area contributed by atoms with Gasteiger partial charge in [-0.15, -0.1) is 0 Å². The summed E-state index contributed by atoms with van der Waals surface area (Å²) in [6.45, 7) is 7.86. The number of esters is 1. The molecule has 0 unspecified atom stereocenters. The summed E-state index contributed by atoms with van der Waals surface area (Å²) in [5, 5.41) is 4.19. The summed E-state index contributed by atoms with van der Waals surface area (Å²) in [4.78, 5) is 26.5. The van der Waals surface area contributed by atoms with E-state index in [0.29, 0.717) is 47.0 Å². The molecule has 2 fully saturated rings. The molecule has 3 aliphatic rings. The first-order valence-corrected chi connectivity index (χ1v) is 15.9. The Labute approximate surface area is 245 Å². The van der Waals surface area contributed by atoms with Crippen LogP contribution in [-0.4, -0.2) is 65.3 Å². The number of carbonyl (C=O) groups is 1. The highest BCUT2D eigenvalue weighted by molar-refractivity contribution is 7.93. The molecule has 12 heteroatoms. The van der Waals surface area contributed by atoms with Crippen LogP contribution in [0, 0.1) is 0 Å². The average molecular weight is 596 g/mol. The van der Waals surface area contributed by atoms with E-state index in [4.69, 9.17) is 24.9 Å². The smallest absolute Gasteiger partial charge is 0.340 e. The van der Waals surface area contributed by atoms with E-state index in [1.165, 1.54) is 0 Å². The topological polar surface area (TPSA) is 156 Å². The summed E-state index contributed by atoms with van der Waals surface area (Å²) in [6, 6.07) is 5.30. The number of rotatable bonds is 9. The van der Waals surface area contributed by atoms with Crippen LogP contribution in [0.4, 0.5) is 11.6 Å². The van der Waals surface area contributed by atoms with Crippen LogP contribution in [0.3, 0.4) is 0 Å². The Kier molecular flexibility index (Phi) is 6.94. The zero-order chi connectivity index (χ0) is 30.0. The number of methoxy groups -OCH3 is 1. The fourth-order valence-electron chi connectivity index (χ4n) is 5.70. The number of aromatic nitrogens is 3. The van der Waals surface area contributed by atoms with Gasteiger partial charge in [0, 0.05) is 43.8 Å². The van der Waals surface area contributed by atoms with Crippen LogP contribution >= 0.6 is 0 Å². The highest BCUT2D eigenvalue weighted by atomic mass is 32.2. The predicted octanol–water partition coefficient (Wildman–Crippen LogP) is 4.13. The third-order valence-corrected chi connectivity index (χ3v) is 11.5. The van der Waals surface area contributed by atoms with Crippen LogP contribution in [0.25, 0.3) is 10.8 Å². The van der Waals surface area contributed by atoms with Crippen molar-refractivity contribution in [1.29, 1.82) is 0 Å². The summed E-state index contributed by atoms with van der Waals surface area (Å²) in [5.41, 5.74) is 7.00. The molecule has 1 aliphatic heterocycles. The molecule has 42 heavy (non-hydrogen) atoms. The summed E-state index contributed by atoms with van der Waals surface area (Å²) < 4.78 is 42.4. The lowest BCUT2D eigenvalue weighted by Crippen LogP contribution is -2.44. The molecule has 3 aromatic rings. The van der Waals surface area contributed by atoms with Gasteiger partial charge in [-0.3, -0.25) is 0 Å². The molecule has 2 aliphatic carbocycles. The Morgan fingerprint density at radius 2 is 1.86 bits per heavy atom. The van der Waals surface area contributed by atoms with E-state index in [2.05, 4.69) is 15.3 Å². The second-order valence-corrected chi connectivity index (χ2v) is 15.0. The number of carbonyl (C=O) groups excluding carboxylic acids is 1. The van der Waals surface area contributed by atoms with Crippen molar-refractivity contribution in [3.05, 3.63) is 47.4 Å². The van der Waals surface area contributed by atoms with Crippen LogP contribution in [0.2, 0.25) is 0 Å². The molecular formula is C30H37N5O6S. The first-order valence-electron chi connectivity index (χ1n) is 14.3. The number of anilines is 2. The maximum absolute atomic E-state index is 12.6. The summed E-state index contributed by atoms with van der Waals surface area (Å²) in [7, 11) is -1.47. The van der Waals surface area contributed by atoms with Gasteiger partial charge >= 0.3 is 5.97 Å². The molecule has 0 saturated heterocycles. The fourth-order valence-corrected chi connectivity index (χ4v) is 8.01. The molecule has 3 aromatic heterocycles. The lowest BCUT2D eigenvalue weighted by atomic mass is 9.84. The first-order chi connectivity index (χ1) is 19.8. The van der Waals surface area contributed by atoms with Gasteiger partial charge in [0.15, 0.2) is 9.84 Å². The molecule has 11 nitrogen and oxygen atoms in total. The van der Waals surface area contributed by atoms with E-state index in [9.17, 15) is 13.2 Å². The predicted molar refractivity (Wildman–Crippen MR) is 158 cm³/mol. The highest BCUT2D eigenvalue weighted by Crippen LogP contribution is 2.41. The van der Waals surface area contributed by atoms with Crippen molar-refractivity contribution in [2.45, 2.75) is 87.0 Å². The van der Waals surface area contributed by atoms with E-state index in [1.54, 1.807) is 31.6 Å². The normalized spacial score (nSPS) is 24.7. The number of nitrogens with one attached hydrogen (secondary N) is 1. The van der Waals surface area contributed by atoms with Crippen LogP contribution in [0.15, 0.2) is 30.6 Å². The lowest BCUT2D eigenvalue weighted by molar-refractivity contribution is -0.0189. The molecule has 0 bridgehead atoms. The van der Waals surface area contributed by atoms with Crippen LogP contribution in [-0.2, 0) is 24.8 Å². The number of nitrogens with zero attached hydrogens (tertiary/aromatic N) is 3. The maximum atomic E-state index is 12.6. The molecule has 0 radical (unpaired) electrons. The minimum Gasteiger partial charge on any atom is -0.474 e. The van der Waals surface area contributed by atoms with Crippen molar-refractivity contribution in [2.75, 3.05) is 19.0 Å². The van der Waals surface area contributed by atoms with Crippen molar-refractivity contribution < 1.29 is 27.4 Å². The number of hydrogen-bond donors (Lipinski definition) is 2. The Bertz CT molecular complexity index is 1660. The minimum atomic E-state index is -3.07. The van der Waals surface area contributed by atoms with E-state index in [-0.39, 0.29) is 35.1 Å². The third kappa shape index (κ3) is 5.09. The summed E-state index contributed by atoms with van der Waals surface area (Å²) in [6.07, 6.45) is 5.58. The number of pyridine rings is 3. The Morgan fingerprint density at radius 3 is 2.55 bits per heavy atom. The second-order valence-electron chi connectivity index (χ2n) is 12.5. The molecule has 6 rings (SSSR count). The summed E-state index contributed by atoms with van der Waals surface area (Å²) >= 11 is 0. The van der Waals surface area contributed by atoms with E-state index < -0.39 is 21.0 Å². The Morgan fingerprint density at radius 1 is 1.12 bits per heavy atom. The van der Waals surface area contributed by atoms with Crippen molar-refractivity contribution in [1.82, 2.24) is 15.0 Å². The monoisotopic (exact) mass is 595 g/mol. The van der Waals surface area contributed by atoms with Crippen molar-refractivity contribution in [3.8, 4) is 5.88 Å². The minimum absolute atomic E-state index is 0.105. The number of sulfone groups is 1. The lowest BCUT2D eigenvalue weighted by Gasteiger charge is -2.36. The molecule has 2 atom stereocenters. The quantitative estimate of drug-likeness (QED) is 0.343. The zero-order valence-corrected chi connectivity index (χ0v) is 25.3. The van der Waals surface area contributed by atoms with Gasteiger partial charge < -0.3 is 25.3 Å². The van der Waals surface area contributed by atoms with Crippen molar-refractivity contribution >= 4 is 38.2 Å². The Hall–Kier alpha value is -3.35. The average Bonchev–Trinajstić information content (AvgIpc) is 3.75. The van der Waals surface area contributed by atoms with Gasteiger partial charge in [-0.2, -0.15) is 0 Å². The summed E-state index contributed by atoms with van der Waals surface area (Å²) in [5.74, 6) is 0.950. The first kappa shape index (κ1) is 28.8. The van der Waals surface area contributed by atoms with Gasteiger partial charge in [-0.1, -0.05) is 6.92 Å². The molecule has 0 aromatic carbocycles. The number of ether oxygens (including phenoxy) is 3. The number of hydrogen-bond acceptors (Lipinski definition) is 11. The Balaban J connectivity index is 1.31. The van der Waals surface area contributed by atoms with Gasteiger partial charge in [0.2, 0.25) is 5.88 Å². The standard InChI is InChI=1S/C30H37N5O6S/c1-16-26-20(28(36)41-29(16,2)3)8-9-24(35-26)34-25-12-21-22(13-32-25)27(33-14-23(21)30(4,31)15-39-5)40-17-10-19(11-17)42(37,38)18-6-7-18/h8-9,12-14,16-19H,6-7,10-11,15,31H2,1-5H3,(H,32,34,35)/t16-,17?,19?,30-/m1/s1. The molecule has 4 heterocycles. The van der Waals surface area contributed by atoms with Gasteiger partial charge in [0.1, 0.15) is 23.3 Å². The van der Waals surface area contributed by atoms with Crippen molar-refractivity contribution in [2.24, 2.45) is 5.73 Å². The molecule has 0 spiro atoms. The molecule has 0 amide bonds. The second kappa shape index (κ2) is 10.1. The van der Waals surface area contributed by atoms with Gasteiger partial charge in [0.05, 0.1) is 39.3 Å². The third-order valence-electron chi connectivity index (χ3n) is 8.79. The fraction of sp³-hybridized carbons (Fsp3) is 0.533. The van der Waals surface area contributed by atoms with Crippen LogP contribution in [0.1, 0.15) is 80.9 Å².